The zero-order valence-electron chi connectivity index (χ0n) is 16.6. The van der Waals surface area contributed by atoms with Gasteiger partial charge in [0.25, 0.3) is 11.8 Å². The number of esters is 1. The highest BCUT2D eigenvalue weighted by Gasteiger charge is 2.30. The average Bonchev–Trinajstić information content (AvgIpc) is 3.30. The molecule has 2 heterocycles. The zero-order valence-corrected chi connectivity index (χ0v) is 17.4. The second-order valence-corrected chi connectivity index (χ2v) is 8.05. The maximum atomic E-state index is 12.8. The van der Waals surface area contributed by atoms with Gasteiger partial charge in [-0.3, -0.25) is 9.59 Å². The fourth-order valence-electron chi connectivity index (χ4n) is 3.02. The number of anilines is 2. The number of hydrogen-bond donors (Lipinski definition) is 2. The van der Waals surface area contributed by atoms with Crippen molar-refractivity contribution in [1.29, 1.82) is 0 Å². The van der Waals surface area contributed by atoms with Crippen LogP contribution in [-0.4, -0.2) is 36.6 Å². The Kier molecular flexibility index (Phi) is 6.66. The minimum atomic E-state index is -0.574. The van der Waals surface area contributed by atoms with E-state index in [1.165, 1.54) is 0 Å². The molecule has 0 saturated carbocycles. The van der Waals surface area contributed by atoms with E-state index in [1.807, 2.05) is 18.2 Å². The molecular weight excluding hydrogens is 392 g/mol. The van der Waals surface area contributed by atoms with Gasteiger partial charge in [-0.15, -0.1) is 11.3 Å². The largest absolute Gasteiger partial charge is 0.459 e. The Labute approximate surface area is 173 Å². The van der Waals surface area contributed by atoms with E-state index in [2.05, 4.69) is 10.6 Å². The van der Waals surface area contributed by atoms with Crippen molar-refractivity contribution in [2.24, 2.45) is 0 Å². The first-order valence-corrected chi connectivity index (χ1v) is 10.3. The number of benzene rings is 1. The third-order valence-corrected chi connectivity index (χ3v) is 5.60. The van der Waals surface area contributed by atoms with Gasteiger partial charge in [-0.1, -0.05) is 18.2 Å². The molecule has 7 nitrogen and oxygen atoms in total. The average molecular weight is 416 g/mol. The summed E-state index contributed by atoms with van der Waals surface area (Å²) in [6, 6.07) is 9.03. The Morgan fingerprint density at radius 2 is 1.90 bits per heavy atom. The predicted octanol–water partition coefficient (Wildman–Crippen LogP) is 3.99. The normalized spacial score (nSPS) is 15.9. The van der Waals surface area contributed by atoms with Crippen molar-refractivity contribution in [3.05, 3.63) is 46.3 Å². The molecule has 0 unspecified atom stereocenters. The third kappa shape index (κ3) is 5.02. The van der Waals surface area contributed by atoms with Crippen LogP contribution in [-0.2, 0) is 14.3 Å². The molecule has 1 aromatic carbocycles. The molecule has 154 valence electrons. The summed E-state index contributed by atoms with van der Waals surface area (Å²) < 4.78 is 10.7. The lowest BCUT2D eigenvalue weighted by molar-refractivity contribution is -0.124. The highest BCUT2D eigenvalue weighted by Crippen LogP contribution is 2.35. The van der Waals surface area contributed by atoms with Gasteiger partial charge in [0.05, 0.1) is 16.5 Å². The van der Waals surface area contributed by atoms with Gasteiger partial charge in [-0.25, -0.2) is 4.79 Å². The second kappa shape index (κ2) is 9.19. The first-order valence-electron chi connectivity index (χ1n) is 9.50. The highest BCUT2D eigenvalue weighted by molar-refractivity contribution is 7.19. The van der Waals surface area contributed by atoms with Gasteiger partial charge in [-0.05, 0) is 51.3 Å². The van der Waals surface area contributed by atoms with Crippen LogP contribution < -0.4 is 10.6 Å². The number of para-hydroxylation sites is 1. The Bertz CT molecular complexity index is 901. The first kappa shape index (κ1) is 21.0. The van der Waals surface area contributed by atoms with Gasteiger partial charge in [0.1, 0.15) is 11.1 Å². The van der Waals surface area contributed by atoms with Crippen molar-refractivity contribution in [1.82, 2.24) is 0 Å². The van der Waals surface area contributed by atoms with Gasteiger partial charge < -0.3 is 20.1 Å². The SMILES string of the molecule is Cc1c(C(=O)Nc2ccccc2)sc(NC(=O)[C@H]2CCCO2)c1C(=O)OC(C)C. The van der Waals surface area contributed by atoms with Gasteiger partial charge in [-0.2, -0.15) is 0 Å². The van der Waals surface area contributed by atoms with E-state index in [-0.39, 0.29) is 23.5 Å². The van der Waals surface area contributed by atoms with Gasteiger partial charge in [0.2, 0.25) is 0 Å². The molecular formula is C21H24N2O5S. The molecule has 1 fully saturated rings. The number of nitrogens with one attached hydrogen (secondary N) is 2. The number of rotatable bonds is 6. The van der Waals surface area contributed by atoms with E-state index in [9.17, 15) is 14.4 Å². The van der Waals surface area contributed by atoms with E-state index >= 15 is 0 Å². The zero-order chi connectivity index (χ0) is 21.0. The molecule has 1 aliphatic heterocycles. The summed E-state index contributed by atoms with van der Waals surface area (Å²) in [5.41, 5.74) is 1.31. The van der Waals surface area contributed by atoms with Gasteiger partial charge >= 0.3 is 5.97 Å². The standard InChI is InChI=1S/C21H24N2O5S/c1-12(2)28-21(26)16-13(3)17(19(25)22-14-8-5-4-6-9-14)29-20(16)23-18(24)15-10-7-11-27-15/h4-6,8-9,12,15H,7,10-11H2,1-3H3,(H,22,25)(H,23,24)/t15-/m1/s1. The molecule has 0 bridgehead atoms. The Morgan fingerprint density at radius 1 is 1.17 bits per heavy atom. The number of hydrogen-bond acceptors (Lipinski definition) is 6. The van der Waals surface area contributed by atoms with Crippen molar-refractivity contribution in [3.8, 4) is 0 Å². The summed E-state index contributed by atoms with van der Waals surface area (Å²) in [4.78, 5) is 38.3. The summed E-state index contributed by atoms with van der Waals surface area (Å²) in [7, 11) is 0. The summed E-state index contributed by atoms with van der Waals surface area (Å²) >= 11 is 1.06. The van der Waals surface area contributed by atoms with E-state index in [0.29, 0.717) is 34.2 Å². The monoisotopic (exact) mass is 416 g/mol. The topological polar surface area (TPSA) is 93.7 Å². The number of amides is 2. The molecule has 1 atom stereocenters. The summed E-state index contributed by atoms with van der Waals surface area (Å²) in [6.45, 7) is 5.70. The first-order chi connectivity index (χ1) is 13.9. The van der Waals surface area contributed by atoms with Crippen LogP contribution in [0.25, 0.3) is 0 Å². The lowest BCUT2D eigenvalue weighted by atomic mass is 10.1. The molecule has 2 amide bonds. The van der Waals surface area contributed by atoms with Crippen LogP contribution in [0.1, 0.15) is 52.3 Å². The maximum absolute atomic E-state index is 12.8. The lowest BCUT2D eigenvalue weighted by Crippen LogP contribution is -2.27. The van der Waals surface area contributed by atoms with Crippen molar-refractivity contribution in [3.63, 3.8) is 0 Å². The molecule has 1 aromatic heterocycles. The Balaban J connectivity index is 1.90. The number of carbonyl (C=O) groups excluding carboxylic acids is 3. The molecule has 0 aliphatic carbocycles. The number of ether oxygens (including phenoxy) is 2. The molecule has 2 N–H and O–H groups in total. The lowest BCUT2D eigenvalue weighted by Gasteiger charge is -2.12. The molecule has 0 radical (unpaired) electrons. The van der Waals surface area contributed by atoms with Crippen LogP contribution >= 0.6 is 11.3 Å². The second-order valence-electron chi connectivity index (χ2n) is 7.03. The minimum Gasteiger partial charge on any atom is -0.459 e. The summed E-state index contributed by atoms with van der Waals surface area (Å²) in [5.74, 6) is -1.25. The Hall–Kier alpha value is -2.71. The maximum Gasteiger partial charge on any atom is 0.341 e. The van der Waals surface area contributed by atoms with Crippen LogP contribution in [0.15, 0.2) is 30.3 Å². The van der Waals surface area contributed by atoms with Crippen LogP contribution in [0.3, 0.4) is 0 Å². The molecule has 29 heavy (non-hydrogen) atoms. The number of carbonyl (C=O) groups is 3. The van der Waals surface area contributed by atoms with E-state index in [0.717, 1.165) is 17.8 Å². The number of thiophene rings is 1. The molecule has 1 saturated heterocycles. The van der Waals surface area contributed by atoms with Crippen LogP contribution in [0, 0.1) is 6.92 Å². The van der Waals surface area contributed by atoms with E-state index < -0.39 is 12.1 Å². The fraction of sp³-hybridized carbons (Fsp3) is 0.381. The molecule has 8 heteroatoms. The van der Waals surface area contributed by atoms with Crippen LogP contribution in [0.4, 0.5) is 10.7 Å². The fourth-order valence-corrected chi connectivity index (χ4v) is 4.12. The highest BCUT2D eigenvalue weighted by atomic mass is 32.1. The van der Waals surface area contributed by atoms with Crippen molar-refractivity contribution in [2.45, 2.75) is 45.8 Å². The third-order valence-electron chi connectivity index (χ3n) is 4.39. The predicted molar refractivity (Wildman–Crippen MR) is 112 cm³/mol. The van der Waals surface area contributed by atoms with Gasteiger partial charge in [0, 0.05) is 12.3 Å². The van der Waals surface area contributed by atoms with Crippen molar-refractivity contribution >= 4 is 39.8 Å². The Morgan fingerprint density at radius 3 is 2.52 bits per heavy atom. The van der Waals surface area contributed by atoms with Crippen LogP contribution in [0.2, 0.25) is 0 Å². The quantitative estimate of drug-likeness (QED) is 0.695. The van der Waals surface area contributed by atoms with Gasteiger partial charge in [0.15, 0.2) is 0 Å². The summed E-state index contributed by atoms with van der Waals surface area (Å²) in [5, 5.41) is 5.87. The minimum absolute atomic E-state index is 0.202. The van der Waals surface area contributed by atoms with E-state index in [1.54, 1.807) is 32.9 Å². The van der Waals surface area contributed by atoms with E-state index in [4.69, 9.17) is 9.47 Å². The van der Waals surface area contributed by atoms with Crippen molar-refractivity contribution < 1.29 is 23.9 Å². The molecule has 2 aromatic rings. The van der Waals surface area contributed by atoms with Crippen LogP contribution in [0.5, 0.6) is 0 Å². The smallest absolute Gasteiger partial charge is 0.341 e. The molecule has 1 aliphatic rings. The van der Waals surface area contributed by atoms with Crippen molar-refractivity contribution in [2.75, 3.05) is 17.2 Å². The molecule has 0 spiro atoms. The summed E-state index contributed by atoms with van der Waals surface area (Å²) in [6.07, 6.45) is 0.566. The molecule has 3 rings (SSSR count).